The monoisotopic (exact) mass is 460 g/mol. The average molecular weight is 461 g/mol. The Morgan fingerprint density at radius 2 is 1.81 bits per heavy atom. The van der Waals surface area contributed by atoms with E-state index in [1.165, 1.54) is 32.1 Å². The standard InChI is InChI=1S/C28H48O3Si/c1-18(29)25-24(30-7)17-23-21-11-10-19-16-20(31-32(8,9)26(2,3)4)12-14-27(19,5)22(21)13-15-28(23,25)6/h10,20-25H,11-17H2,1-9H3/t20-,21-,22+,23+,24+,25-,27-,28-/m0/s1. The van der Waals surface area contributed by atoms with E-state index in [9.17, 15) is 4.79 Å². The Hall–Kier alpha value is -0.453. The number of fused-ring (bicyclic) bond motifs is 5. The summed E-state index contributed by atoms with van der Waals surface area (Å²) in [6.45, 7) is 18.6. The Bertz CT molecular complexity index is 780. The molecule has 0 aromatic rings. The van der Waals surface area contributed by atoms with Gasteiger partial charge in [-0.2, -0.15) is 0 Å². The van der Waals surface area contributed by atoms with Gasteiger partial charge in [0.15, 0.2) is 8.32 Å². The van der Waals surface area contributed by atoms with Gasteiger partial charge in [0, 0.05) is 19.1 Å². The molecule has 3 saturated carbocycles. The molecular formula is C28H48O3Si. The maximum absolute atomic E-state index is 12.6. The highest BCUT2D eigenvalue weighted by Crippen LogP contribution is 2.66. The SMILES string of the molecule is CO[C@@H]1C[C@@H]2[C@H]3CC=C4C[C@@H](O[Si](C)(C)C(C)(C)C)CC[C@]4(C)[C@@H]3CC[C@]2(C)[C@H]1C(C)=O. The second-order valence-corrected chi connectivity index (χ2v) is 18.4. The van der Waals surface area contributed by atoms with Crippen molar-refractivity contribution in [3.63, 3.8) is 0 Å². The van der Waals surface area contributed by atoms with Crippen LogP contribution in [0.15, 0.2) is 11.6 Å². The van der Waals surface area contributed by atoms with Gasteiger partial charge < -0.3 is 9.16 Å². The largest absolute Gasteiger partial charge is 0.414 e. The molecule has 0 N–H and O–H groups in total. The van der Waals surface area contributed by atoms with Crippen molar-refractivity contribution in [1.29, 1.82) is 0 Å². The predicted molar refractivity (Wildman–Crippen MR) is 134 cm³/mol. The smallest absolute Gasteiger partial charge is 0.192 e. The molecular weight excluding hydrogens is 412 g/mol. The molecule has 182 valence electrons. The van der Waals surface area contributed by atoms with E-state index in [0.29, 0.717) is 29.1 Å². The van der Waals surface area contributed by atoms with Crippen LogP contribution in [0.3, 0.4) is 0 Å². The van der Waals surface area contributed by atoms with Gasteiger partial charge >= 0.3 is 0 Å². The van der Waals surface area contributed by atoms with E-state index in [1.54, 1.807) is 12.5 Å². The molecule has 0 heterocycles. The summed E-state index contributed by atoms with van der Waals surface area (Å²) in [5, 5.41) is 0.265. The maximum atomic E-state index is 12.6. The average Bonchev–Trinajstić information content (AvgIpc) is 2.99. The van der Waals surface area contributed by atoms with Crippen molar-refractivity contribution in [3.8, 4) is 0 Å². The summed E-state index contributed by atoms with van der Waals surface area (Å²) in [4.78, 5) is 12.6. The topological polar surface area (TPSA) is 35.5 Å². The third-order valence-corrected chi connectivity index (χ3v) is 15.6. The summed E-state index contributed by atoms with van der Waals surface area (Å²) in [6, 6.07) is 0. The van der Waals surface area contributed by atoms with Crippen LogP contribution in [0.5, 0.6) is 0 Å². The third kappa shape index (κ3) is 3.71. The number of hydrogen-bond acceptors (Lipinski definition) is 3. The molecule has 4 rings (SSSR count). The first-order valence-corrected chi connectivity index (χ1v) is 16.1. The van der Waals surface area contributed by atoms with Crippen LogP contribution >= 0.6 is 0 Å². The first kappa shape index (κ1) is 24.7. The fourth-order valence-corrected chi connectivity index (χ4v) is 9.66. The number of methoxy groups -OCH3 is 1. The summed E-state index contributed by atoms with van der Waals surface area (Å²) in [5.74, 6) is 2.46. The Labute approximate surface area is 198 Å². The lowest BCUT2D eigenvalue weighted by Crippen LogP contribution is -2.52. The molecule has 0 aromatic heterocycles. The first-order valence-electron chi connectivity index (χ1n) is 13.1. The zero-order valence-corrected chi connectivity index (χ0v) is 23.2. The lowest BCUT2D eigenvalue weighted by Gasteiger charge is -2.58. The lowest BCUT2D eigenvalue weighted by atomic mass is 9.47. The van der Waals surface area contributed by atoms with Crippen molar-refractivity contribution >= 4 is 14.1 Å². The molecule has 0 bridgehead atoms. The van der Waals surface area contributed by atoms with Crippen LogP contribution in [0, 0.1) is 34.5 Å². The molecule has 0 aromatic carbocycles. The highest BCUT2D eigenvalue weighted by Gasteiger charge is 2.62. The fraction of sp³-hybridized carbons (Fsp3) is 0.893. The van der Waals surface area contributed by atoms with E-state index in [2.05, 4.69) is 53.8 Å². The minimum absolute atomic E-state index is 0.0744. The normalized spacial score (nSPS) is 44.3. The fourth-order valence-electron chi connectivity index (χ4n) is 8.27. The van der Waals surface area contributed by atoms with Crippen LogP contribution in [0.4, 0.5) is 0 Å². The molecule has 0 amide bonds. The summed E-state index contributed by atoms with van der Waals surface area (Å²) < 4.78 is 12.8. The van der Waals surface area contributed by atoms with Gasteiger partial charge in [0.05, 0.1) is 6.10 Å². The highest BCUT2D eigenvalue weighted by molar-refractivity contribution is 6.74. The third-order valence-electron chi connectivity index (χ3n) is 11.1. The summed E-state index contributed by atoms with van der Waals surface area (Å²) in [7, 11) is 0.0694. The van der Waals surface area contributed by atoms with E-state index >= 15 is 0 Å². The number of carbonyl (C=O) groups is 1. The number of ketones is 1. The quantitative estimate of drug-likeness (QED) is 0.329. The maximum Gasteiger partial charge on any atom is 0.192 e. The minimum atomic E-state index is -1.74. The Balaban J connectivity index is 1.56. The highest BCUT2D eigenvalue weighted by atomic mass is 28.4. The van der Waals surface area contributed by atoms with Crippen LogP contribution in [-0.4, -0.2) is 33.4 Å². The molecule has 0 radical (unpaired) electrons. The Morgan fingerprint density at radius 1 is 1.12 bits per heavy atom. The molecule has 3 fully saturated rings. The molecule has 32 heavy (non-hydrogen) atoms. The Morgan fingerprint density at radius 3 is 2.41 bits per heavy atom. The van der Waals surface area contributed by atoms with Crippen LogP contribution in [0.25, 0.3) is 0 Å². The minimum Gasteiger partial charge on any atom is -0.414 e. The van der Waals surface area contributed by atoms with Crippen LogP contribution in [-0.2, 0) is 14.0 Å². The van der Waals surface area contributed by atoms with Crippen molar-refractivity contribution in [2.24, 2.45) is 34.5 Å². The van der Waals surface area contributed by atoms with Crippen molar-refractivity contribution in [3.05, 3.63) is 11.6 Å². The van der Waals surface area contributed by atoms with Gasteiger partial charge in [-0.25, -0.2) is 0 Å². The first-order chi connectivity index (χ1) is 14.7. The lowest BCUT2D eigenvalue weighted by molar-refractivity contribution is -0.131. The van der Waals surface area contributed by atoms with Gasteiger partial charge in [-0.1, -0.05) is 46.3 Å². The molecule has 4 aliphatic rings. The van der Waals surface area contributed by atoms with Gasteiger partial charge in [-0.15, -0.1) is 0 Å². The summed E-state index contributed by atoms with van der Waals surface area (Å²) in [5.41, 5.74) is 2.11. The zero-order chi connectivity index (χ0) is 23.7. The number of rotatable bonds is 4. The number of Topliss-reactive ketones (excluding diaryl/α,β-unsaturated/α-hetero) is 1. The number of carbonyl (C=O) groups excluding carboxylic acids is 1. The van der Waals surface area contributed by atoms with Crippen LogP contribution < -0.4 is 0 Å². The van der Waals surface area contributed by atoms with Gasteiger partial charge in [0.1, 0.15) is 5.78 Å². The summed E-state index contributed by atoms with van der Waals surface area (Å²) >= 11 is 0. The molecule has 0 saturated heterocycles. The molecule has 0 spiro atoms. The molecule has 0 unspecified atom stereocenters. The van der Waals surface area contributed by atoms with E-state index in [1.807, 2.05) is 7.11 Å². The number of ether oxygens (including phenoxy) is 1. The van der Waals surface area contributed by atoms with Crippen LogP contribution in [0.2, 0.25) is 18.1 Å². The van der Waals surface area contributed by atoms with Gasteiger partial charge in [0.25, 0.3) is 0 Å². The van der Waals surface area contributed by atoms with Crippen molar-refractivity contribution in [2.75, 3.05) is 7.11 Å². The van der Waals surface area contributed by atoms with Gasteiger partial charge in [-0.05, 0) is 98.6 Å². The second-order valence-electron chi connectivity index (χ2n) is 13.6. The Kier molecular flexibility index (Phi) is 6.21. The van der Waals surface area contributed by atoms with Gasteiger partial charge in [0.2, 0.25) is 0 Å². The predicted octanol–water partition coefficient (Wildman–Crippen LogP) is 7.17. The van der Waals surface area contributed by atoms with Crippen LogP contribution in [0.1, 0.15) is 86.5 Å². The number of hydrogen-bond donors (Lipinski definition) is 0. The van der Waals surface area contributed by atoms with Crippen molar-refractivity contribution < 1.29 is 14.0 Å². The molecule has 3 nitrogen and oxygen atoms in total. The molecule has 8 atom stereocenters. The van der Waals surface area contributed by atoms with E-state index in [-0.39, 0.29) is 22.5 Å². The van der Waals surface area contributed by atoms with Crippen molar-refractivity contribution in [2.45, 2.75) is 117 Å². The second kappa shape index (κ2) is 8.05. The van der Waals surface area contributed by atoms with Crippen molar-refractivity contribution in [1.82, 2.24) is 0 Å². The van der Waals surface area contributed by atoms with E-state index < -0.39 is 8.32 Å². The van der Waals surface area contributed by atoms with E-state index in [4.69, 9.17) is 9.16 Å². The van der Waals surface area contributed by atoms with Gasteiger partial charge in [-0.3, -0.25) is 4.79 Å². The number of allylic oxidation sites excluding steroid dienone is 1. The molecule has 4 heteroatoms. The van der Waals surface area contributed by atoms with E-state index in [0.717, 1.165) is 18.8 Å². The molecule has 4 aliphatic carbocycles. The zero-order valence-electron chi connectivity index (χ0n) is 22.2. The molecule has 0 aliphatic heterocycles. The summed E-state index contributed by atoms with van der Waals surface area (Å²) in [6.07, 6.45) is 11.4.